The Morgan fingerprint density at radius 1 is 1.32 bits per heavy atom. The summed E-state index contributed by atoms with van der Waals surface area (Å²) in [6, 6.07) is 8.28. The highest BCUT2D eigenvalue weighted by molar-refractivity contribution is 5.58. The molecular formula is C15H21N3O. The number of aryl methyl sites for hydroxylation is 1. The summed E-state index contributed by atoms with van der Waals surface area (Å²) in [5.74, 6) is 0.895. The van der Waals surface area contributed by atoms with Crippen LogP contribution in [0.1, 0.15) is 18.9 Å². The molecule has 0 aliphatic heterocycles. The van der Waals surface area contributed by atoms with E-state index in [4.69, 9.17) is 4.74 Å². The molecule has 0 saturated heterocycles. The summed E-state index contributed by atoms with van der Waals surface area (Å²) >= 11 is 0. The molecule has 1 aromatic heterocycles. The number of rotatable bonds is 7. The van der Waals surface area contributed by atoms with Gasteiger partial charge in [-0.25, -0.2) is 4.98 Å². The summed E-state index contributed by atoms with van der Waals surface area (Å²) in [5, 5.41) is 3.41. The van der Waals surface area contributed by atoms with E-state index in [9.17, 15) is 0 Å². The molecule has 0 aliphatic carbocycles. The van der Waals surface area contributed by atoms with Crippen molar-refractivity contribution in [2.45, 2.75) is 26.3 Å². The number of imidazole rings is 1. The zero-order chi connectivity index (χ0) is 13.5. The number of anilines is 2. The summed E-state index contributed by atoms with van der Waals surface area (Å²) in [4.78, 5) is 4.37. The van der Waals surface area contributed by atoms with Crippen LogP contribution in [0, 0.1) is 0 Å². The molecule has 2 aromatic rings. The lowest BCUT2D eigenvalue weighted by atomic mass is 10.1. The van der Waals surface area contributed by atoms with Gasteiger partial charge in [-0.3, -0.25) is 0 Å². The van der Waals surface area contributed by atoms with Gasteiger partial charge in [0.25, 0.3) is 0 Å². The summed E-state index contributed by atoms with van der Waals surface area (Å²) < 4.78 is 7.28. The third-order valence-electron chi connectivity index (χ3n) is 3.02. The van der Waals surface area contributed by atoms with Crippen molar-refractivity contribution in [3.8, 4) is 0 Å². The average Bonchev–Trinajstić information content (AvgIpc) is 2.86. The lowest BCUT2D eigenvalue weighted by Gasteiger charge is -2.12. The second kappa shape index (κ2) is 6.95. The van der Waals surface area contributed by atoms with Crippen molar-refractivity contribution in [2.75, 3.05) is 19.0 Å². The van der Waals surface area contributed by atoms with Crippen LogP contribution in [0.15, 0.2) is 36.7 Å². The van der Waals surface area contributed by atoms with E-state index in [1.807, 2.05) is 18.5 Å². The van der Waals surface area contributed by atoms with Crippen LogP contribution in [0.25, 0.3) is 0 Å². The third-order valence-corrected chi connectivity index (χ3v) is 3.02. The lowest BCUT2D eigenvalue weighted by molar-refractivity contribution is 0.202. The highest BCUT2D eigenvalue weighted by atomic mass is 16.5. The summed E-state index contributed by atoms with van der Waals surface area (Å²) in [6.45, 7) is 3.86. The number of aromatic nitrogens is 2. The maximum Gasteiger partial charge on any atom is 0.207 e. The van der Waals surface area contributed by atoms with E-state index in [2.05, 4.69) is 40.0 Å². The second-order valence-corrected chi connectivity index (χ2v) is 4.47. The normalized spacial score (nSPS) is 10.6. The third kappa shape index (κ3) is 3.58. The highest BCUT2D eigenvalue weighted by Gasteiger charge is 2.06. The van der Waals surface area contributed by atoms with Crippen molar-refractivity contribution in [1.82, 2.24) is 9.55 Å². The summed E-state index contributed by atoms with van der Waals surface area (Å²) in [6.07, 6.45) is 5.82. The zero-order valence-electron chi connectivity index (χ0n) is 11.6. The van der Waals surface area contributed by atoms with Crippen molar-refractivity contribution in [3.05, 3.63) is 42.2 Å². The first-order valence-corrected chi connectivity index (χ1v) is 6.70. The first-order chi connectivity index (χ1) is 9.35. The summed E-state index contributed by atoms with van der Waals surface area (Å²) in [5.41, 5.74) is 2.35. The molecule has 1 heterocycles. The van der Waals surface area contributed by atoms with E-state index < -0.39 is 0 Å². The molecule has 0 unspecified atom stereocenters. The Labute approximate surface area is 114 Å². The van der Waals surface area contributed by atoms with Gasteiger partial charge in [-0.2, -0.15) is 0 Å². The second-order valence-electron chi connectivity index (χ2n) is 4.47. The molecule has 1 N–H and O–H groups in total. The lowest BCUT2D eigenvalue weighted by Crippen LogP contribution is -2.05. The Kier molecular flexibility index (Phi) is 4.98. The van der Waals surface area contributed by atoms with Gasteiger partial charge in [0.05, 0.1) is 6.61 Å². The molecule has 102 valence electrons. The predicted octanol–water partition coefficient (Wildman–Crippen LogP) is 3.23. The Morgan fingerprint density at radius 3 is 2.95 bits per heavy atom. The van der Waals surface area contributed by atoms with Gasteiger partial charge in [0, 0.05) is 31.7 Å². The van der Waals surface area contributed by atoms with Gasteiger partial charge in [0.2, 0.25) is 5.95 Å². The van der Waals surface area contributed by atoms with E-state index in [0.717, 1.165) is 37.6 Å². The van der Waals surface area contributed by atoms with E-state index in [1.54, 1.807) is 7.11 Å². The van der Waals surface area contributed by atoms with Crippen molar-refractivity contribution in [3.63, 3.8) is 0 Å². The van der Waals surface area contributed by atoms with Gasteiger partial charge in [0.1, 0.15) is 0 Å². The SMILES string of the molecule is CCCn1ccnc1Nc1ccccc1CCOC. The molecule has 0 fully saturated rings. The molecule has 0 atom stereocenters. The van der Waals surface area contributed by atoms with Crippen LogP contribution in [0.2, 0.25) is 0 Å². The monoisotopic (exact) mass is 259 g/mol. The van der Waals surface area contributed by atoms with E-state index in [1.165, 1.54) is 5.56 Å². The average molecular weight is 259 g/mol. The minimum absolute atomic E-state index is 0.724. The van der Waals surface area contributed by atoms with Gasteiger partial charge >= 0.3 is 0 Å². The van der Waals surface area contributed by atoms with Gasteiger partial charge in [-0.15, -0.1) is 0 Å². The van der Waals surface area contributed by atoms with Gasteiger partial charge in [-0.05, 0) is 24.5 Å². The smallest absolute Gasteiger partial charge is 0.207 e. The van der Waals surface area contributed by atoms with Gasteiger partial charge in [0.15, 0.2) is 0 Å². The molecule has 1 aromatic carbocycles. The number of nitrogens with zero attached hydrogens (tertiary/aromatic N) is 2. The van der Waals surface area contributed by atoms with E-state index in [0.29, 0.717) is 0 Å². The fourth-order valence-corrected chi connectivity index (χ4v) is 2.05. The molecule has 0 radical (unpaired) electrons. The summed E-state index contributed by atoms with van der Waals surface area (Å²) in [7, 11) is 1.73. The fourth-order valence-electron chi connectivity index (χ4n) is 2.05. The van der Waals surface area contributed by atoms with Gasteiger partial charge < -0.3 is 14.6 Å². The number of benzene rings is 1. The molecule has 0 amide bonds. The van der Waals surface area contributed by atoms with Crippen LogP contribution >= 0.6 is 0 Å². The molecular weight excluding hydrogens is 238 g/mol. The van der Waals surface area contributed by atoms with Crippen LogP contribution in [-0.4, -0.2) is 23.3 Å². The topological polar surface area (TPSA) is 39.1 Å². The highest BCUT2D eigenvalue weighted by Crippen LogP contribution is 2.20. The molecule has 4 heteroatoms. The van der Waals surface area contributed by atoms with Crippen molar-refractivity contribution in [1.29, 1.82) is 0 Å². The minimum atomic E-state index is 0.724. The number of hydrogen-bond donors (Lipinski definition) is 1. The first kappa shape index (κ1) is 13.6. The quantitative estimate of drug-likeness (QED) is 0.829. The minimum Gasteiger partial charge on any atom is -0.384 e. The molecule has 0 saturated carbocycles. The molecule has 0 aliphatic rings. The van der Waals surface area contributed by atoms with E-state index in [-0.39, 0.29) is 0 Å². The number of nitrogens with one attached hydrogen (secondary N) is 1. The van der Waals surface area contributed by atoms with Gasteiger partial charge in [-0.1, -0.05) is 25.1 Å². The van der Waals surface area contributed by atoms with Crippen LogP contribution in [0.5, 0.6) is 0 Å². The molecule has 2 rings (SSSR count). The number of ether oxygens (including phenoxy) is 1. The Hall–Kier alpha value is -1.81. The number of para-hydroxylation sites is 1. The van der Waals surface area contributed by atoms with Crippen molar-refractivity contribution in [2.24, 2.45) is 0 Å². The zero-order valence-corrected chi connectivity index (χ0v) is 11.6. The van der Waals surface area contributed by atoms with Crippen LogP contribution in [0.3, 0.4) is 0 Å². The van der Waals surface area contributed by atoms with Crippen LogP contribution in [0.4, 0.5) is 11.6 Å². The maximum atomic E-state index is 5.15. The molecule has 4 nitrogen and oxygen atoms in total. The largest absolute Gasteiger partial charge is 0.384 e. The maximum absolute atomic E-state index is 5.15. The fraction of sp³-hybridized carbons (Fsp3) is 0.400. The first-order valence-electron chi connectivity index (χ1n) is 6.70. The predicted molar refractivity (Wildman–Crippen MR) is 77.8 cm³/mol. The number of methoxy groups -OCH3 is 1. The number of hydrogen-bond acceptors (Lipinski definition) is 3. The Bertz CT molecular complexity index is 508. The van der Waals surface area contributed by atoms with Crippen LogP contribution < -0.4 is 5.32 Å². The van der Waals surface area contributed by atoms with Crippen molar-refractivity contribution < 1.29 is 4.74 Å². The van der Waals surface area contributed by atoms with Crippen molar-refractivity contribution >= 4 is 11.6 Å². The molecule has 19 heavy (non-hydrogen) atoms. The van der Waals surface area contributed by atoms with Crippen LogP contribution in [-0.2, 0) is 17.7 Å². The Balaban J connectivity index is 2.15. The molecule has 0 bridgehead atoms. The standard InChI is InChI=1S/C15H21N3O/c1-3-10-18-11-9-16-15(18)17-14-7-5-4-6-13(14)8-12-19-2/h4-7,9,11H,3,8,10,12H2,1-2H3,(H,16,17). The Morgan fingerprint density at radius 2 is 2.16 bits per heavy atom. The molecule has 0 spiro atoms. The van der Waals surface area contributed by atoms with E-state index >= 15 is 0 Å².